The van der Waals surface area contributed by atoms with Gasteiger partial charge in [-0.1, -0.05) is 18.1 Å². The highest BCUT2D eigenvalue weighted by Gasteiger charge is 2.12. The molecule has 3 heterocycles. The molecule has 0 aromatic carbocycles. The molecule has 3 aromatic heterocycles. The van der Waals surface area contributed by atoms with Gasteiger partial charge in [-0.3, -0.25) is 14.5 Å². The fraction of sp³-hybridized carbons (Fsp3) is 0.353. The lowest BCUT2D eigenvalue weighted by atomic mass is 10.2. The van der Waals surface area contributed by atoms with Gasteiger partial charge in [-0.25, -0.2) is 0 Å². The first kappa shape index (κ1) is 16.8. The molecule has 1 atom stereocenters. The minimum atomic E-state index is -0.0371. The molecule has 1 amide bonds. The van der Waals surface area contributed by atoms with Crippen LogP contribution in [0, 0.1) is 5.92 Å². The van der Waals surface area contributed by atoms with Crippen molar-refractivity contribution in [1.29, 1.82) is 0 Å². The van der Waals surface area contributed by atoms with Crippen LogP contribution in [-0.4, -0.2) is 37.4 Å². The number of aromatic nitrogens is 5. The van der Waals surface area contributed by atoms with Gasteiger partial charge in [0, 0.05) is 44.5 Å². The third-order valence-electron chi connectivity index (χ3n) is 3.63. The van der Waals surface area contributed by atoms with E-state index in [0.717, 1.165) is 6.54 Å². The van der Waals surface area contributed by atoms with E-state index in [-0.39, 0.29) is 5.91 Å². The number of aryl methyl sites for hydroxylation is 1. The van der Waals surface area contributed by atoms with Crippen LogP contribution < -0.4 is 5.32 Å². The Kier molecular flexibility index (Phi) is 5.50. The van der Waals surface area contributed by atoms with Crippen LogP contribution in [0.2, 0.25) is 0 Å². The van der Waals surface area contributed by atoms with Gasteiger partial charge in [0.25, 0.3) is 0 Å². The minimum Gasteiger partial charge on any atom is -0.356 e. The van der Waals surface area contributed by atoms with Crippen molar-refractivity contribution in [2.75, 3.05) is 6.54 Å². The summed E-state index contributed by atoms with van der Waals surface area (Å²) < 4.78 is 7.03. The molecule has 0 spiro atoms. The number of amides is 1. The van der Waals surface area contributed by atoms with Crippen LogP contribution in [0.1, 0.15) is 19.2 Å². The zero-order valence-electron chi connectivity index (χ0n) is 14.0. The Hall–Kier alpha value is -3.03. The summed E-state index contributed by atoms with van der Waals surface area (Å²) >= 11 is 0. The Balaban J connectivity index is 1.41. The van der Waals surface area contributed by atoms with Crippen molar-refractivity contribution in [3.05, 3.63) is 48.7 Å². The average molecular weight is 340 g/mol. The molecule has 0 unspecified atom stereocenters. The standard InChI is InChI=1S/C17H20N6O2/c1-13(12-23-10-4-9-20-23)11-19-15(24)6-7-16-21-17(22-25-16)14-5-2-3-8-18-14/h2-5,8-10,13H,6-7,11-12H2,1H3,(H,19,24)/t13-/m0/s1. The summed E-state index contributed by atoms with van der Waals surface area (Å²) in [6.45, 7) is 3.44. The highest BCUT2D eigenvalue weighted by atomic mass is 16.5. The molecular formula is C17H20N6O2. The topological polar surface area (TPSA) is 98.7 Å². The van der Waals surface area contributed by atoms with Gasteiger partial charge >= 0.3 is 0 Å². The normalized spacial score (nSPS) is 12.0. The van der Waals surface area contributed by atoms with Crippen molar-refractivity contribution in [3.8, 4) is 11.5 Å². The third-order valence-corrected chi connectivity index (χ3v) is 3.63. The van der Waals surface area contributed by atoms with E-state index in [1.54, 1.807) is 12.4 Å². The van der Waals surface area contributed by atoms with E-state index in [1.807, 2.05) is 35.1 Å². The van der Waals surface area contributed by atoms with E-state index in [9.17, 15) is 4.79 Å². The second-order valence-electron chi connectivity index (χ2n) is 5.86. The number of carbonyl (C=O) groups excluding carboxylic acids is 1. The fourth-order valence-electron chi connectivity index (χ4n) is 2.34. The van der Waals surface area contributed by atoms with Crippen molar-refractivity contribution in [1.82, 2.24) is 30.2 Å². The molecule has 0 saturated carbocycles. The highest BCUT2D eigenvalue weighted by Crippen LogP contribution is 2.12. The minimum absolute atomic E-state index is 0.0371. The first-order chi connectivity index (χ1) is 12.2. The van der Waals surface area contributed by atoms with Crippen LogP contribution in [-0.2, 0) is 17.8 Å². The largest absolute Gasteiger partial charge is 0.356 e. The van der Waals surface area contributed by atoms with E-state index >= 15 is 0 Å². The SMILES string of the molecule is C[C@@H](CNC(=O)CCc1nc(-c2ccccn2)no1)Cn1cccn1. The molecule has 0 aliphatic heterocycles. The van der Waals surface area contributed by atoms with Gasteiger partial charge in [0.1, 0.15) is 5.69 Å². The zero-order valence-corrected chi connectivity index (χ0v) is 14.0. The second-order valence-corrected chi connectivity index (χ2v) is 5.86. The molecule has 130 valence electrons. The lowest BCUT2D eigenvalue weighted by molar-refractivity contribution is -0.121. The number of hydrogen-bond donors (Lipinski definition) is 1. The Morgan fingerprint density at radius 1 is 1.32 bits per heavy atom. The molecule has 0 saturated heterocycles. The molecule has 3 aromatic rings. The van der Waals surface area contributed by atoms with Gasteiger partial charge in [-0.05, 0) is 24.1 Å². The molecule has 0 fully saturated rings. The molecule has 8 nitrogen and oxygen atoms in total. The molecule has 0 radical (unpaired) electrons. The van der Waals surface area contributed by atoms with Crippen molar-refractivity contribution in [3.63, 3.8) is 0 Å². The van der Waals surface area contributed by atoms with E-state index in [1.165, 1.54) is 0 Å². The molecule has 25 heavy (non-hydrogen) atoms. The predicted octanol–water partition coefficient (Wildman–Crippen LogP) is 1.71. The average Bonchev–Trinajstić information content (AvgIpc) is 3.31. The summed E-state index contributed by atoms with van der Waals surface area (Å²) in [7, 11) is 0. The maximum Gasteiger partial charge on any atom is 0.227 e. The predicted molar refractivity (Wildman–Crippen MR) is 90.3 cm³/mol. The van der Waals surface area contributed by atoms with Gasteiger partial charge in [-0.2, -0.15) is 10.1 Å². The van der Waals surface area contributed by atoms with Crippen LogP contribution in [0.3, 0.4) is 0 Å². The van der Waals surface area contributed by atoms with Gasteiger partial charge in [0.2, 0.25) is 17.6 Å². The summed E-state index contributed by atoms with van der Waals surface area (Å²) in [6.07, 6.45) is 6.03. The van der Waals surface area contributed by atoms with Crippen LogP contribution in [0.25, 0.3) is 11.5 Å². The number of rotatable bonds is 8. The lowest BCUT2D eigenvalue weighted by Crippen LogP contribution is -2.30. The van der Waals surface area contributed by atoms with Gasteiger partial charge in [0.15, 0.2) is 0 Å². The van der Waals surface area contributed by atoms with Crippen LogP contribution in [0.4, 0.5) is 0 Å². The maximum absolute atomic E-state index is 12.0. The summed E-state index contributed by atoms with van der Waals surface area (Å²) in [5.41, 5.74) is 0.648. The number of nitrogens with one attached hydrogen (secondary N) is 1. The number of hydrogen-bond acceptors (Lipinski definition) is 6. The number of pyridine rings is 1. The molecular weight excluding hydrogens is 320 g/mol. The summed E-state index contributed by atoms with van der Waals surface area (Å²) in [5, 5.41) is 11.0. The second kappa shape index (κ2) is 8.18. The molecule has 8 heteroatoms. The molecule has 0 bridgehead atoms. The monoisotopic (exact) mass is 340 g/mol. The third kappa shape index (κ3) is 4.97. The van der Waals surface area contributed by atoms with Crippen LogP contribution in [0.15, 0.2) is 47.4 Å². The van der Waals surface area contributed by atoms with Crippen molar-refractivity contribution in [2.45, 2.75) is 26.3 Å². The Bertz CT molecular complexity index is 785. The van der Waals surface area contributed by atoms with Gasteiger partial charge in [-0.15, -0.1) is 0 Å². The number of carbonyl (C=O) groups is 1. The Morgan fingerprint density at radius 2 is 2.24 bits per heavy atom. The van der Waals surface area contributed by atoms with E-state index in [4.69, 9.17) is 4.52 Å². The maximum atomic E-state index is 12.0. The van der Waals surface area contributed by atoms with Crippen molar-refractivity contribution in [2.24, 2.45) is 5.92 Å². The van der Waals surface area contributed by atoms with E-state index < -0.39 is 0 Å². The summed E-state index contributed by atoms with van der Waals surface area (Å²) in [4.78, 5) is 20.4. The molecule has 3 rings (SSSR count). The highest BCUT2D eigenvalue weighted by molar-refractivity contribution is 5.76. The van der Waals surface area contributed by atoms with Crippen LogP contribution in [0.5, 0.6) is 0 Å². The number of nitrogens with zero attached hydrogens (tertiary/aromatic N) is 5. The Labute approximate surface area is 145 Å². The molecule has 0 aliphatic carbocycles. The smallest absolute Gasteiger partial charge is 0.227 e. The van der Waals surface area contributed by atoms with Gasteiger partial charge < -0.3 is 9.84 Å². The molecule has 0 aliphatic rings. The zero-order chi connectivity index (χ0) is 17.5. The summed E-state index contributed by atoms with van der Waals surface area (Å²) in [6, 6.07) is 7.37. The first-order valence-corrected chi connectivity index (χ1v) is 8.19. The fourth-order valence-corrected chi connectivity index (χ4v) is 2.34. The quantitative estimate of drug-likeness (QED) is 0.670. The van der Waals surface area contributed by atoms with E-state index in [2.05, 4.69) is 32.5 Å². The lowest BCUT2D eigenvalue weighted by Gasteiger charge is -2.12. The first-order valence-electron chi connectivity index (χ1n) is 8.19. The van der Waals surface area contributed by atoms with Gasteiger partial charge in [0.05, 0.1) is 0 Å². The Morgan fingerprint density at radius 3 is 3.00 bits per heavy atom. The van der Waals surface area contributed by atoms with Crippen LogP contribution >= 0.6 is 0 Å². The molecule has 1 N–H and O–H groups in total. The van der Waals surface area contributed by atoms with Crippen molar-refractivity contribution >= 4 is 5.91 Å². The van der Waals surface area contributed by atoms with E-state index in [0.29, 0.717) is 42.7 Å². The summed E-state index contributed by atoms with van der Waals surface area (Å²) in [5.74, 6) is 1.12. The van der Waals surface area contributed by atoms with Crippen molar-refractivity contribution < 1.29 is 9.32 Å².